The lowest BCUT2D eigenvalue weighted by Gasteiger charge is -2.25. The van der Waals surface area contributed by atoms with Crippen molar-refractivity contribution in [3.05, 3.63) is 53.6 Å². The summed E-state index contributed by atoms with van der Waals surface area (Å²) in [6.07, 6.45) is 2.36. The van der Waals surface area contributed by atoms with Gasteiger partial charge in [0.15, 0.2) is 0 Å². The van der Waals surface area contributed by atoms with E-state index < -0.39 is 0 Å². The van der Waals surface area contributed by atoms with Gasteiger partial charge in [-0.05, 0) is 48.2 Å². The number of rotatable bonds is 1. The van der Waals surface area contributed by atoms with E-state index in [9.17, 15) is 5.26 Å². The molecule has 0 radical (unpaired) electrons. The van der Waals surface area contributed by atoms with Crippen molar-refractivity contribution >= 4 is 5.69 Å². The molecule has 0 aromatic heterocycles. The minimum Gasteiger partial charge on any atom is -0.367 e. The molecule has 2 aromatic carbocycles. The first-order valence-corrected chi connectivity index (χ1v) is 7.96. The molecule has 1 unspecified atom stereocenters. The molecule has 0 bridgehead atoms. The topological polar surface area (TPSA) is 39.1 Å². The highest BCUT2D eigenvalue weighted by Crippen LogP contribution is 2.37. The van der Waals surface area contributed by atoms with Crippen molar-refractivity contribution < 1.29 is 0 Å². The Morgan fingerprint density at radius 2 is 2.05 bits per heavy atom. The van der Waals surface area contributed by atoms with Crippen molar-refractivity contribution in [1.29, 1.82) is 5.26 Å². The standard InChI is InChI=1S/C19H19N3/c20-13-16-3-1-2-4-18(16)14-5-6-15-11-17-7-8-21-9-10-22(17)19(15)12-14/h1-6,12,17,21H,7-11H2. The van der Waals surface area contributed by atoms with Gasteiger partial charge in [-0.15, -0.1) is 0 Å². The molecule has 3 nitrogen and oxygen atoms in total. The van der Waals surface area contributed by atoms with Crippen molar-refractivity contribution in [3.63, 3.8) is 0 Å². The van der Waals surface area contributed by atoms with Crippen LogP contribution in [-0.2, 0) is 6.42 Å². The Balaban J connectivity index is 1.77. The summed E-state index contributed by atoms with van der Waals surface area (Å²) in [5.41, 5.74) is 5.73. The zero-order chi connectivity index (χ0) is 14.9. The highest BCUT2D eigenvalue weighted by atomic mass is 15.2. The first-order valence-electron chi connectivity index (χ1n) is 7.96. The second-order valence-corrected chi connectivity index (χ2v) is 6.09. The van der Waals surface area contributed by atoms with Gasteiger partial charge < -0.3 is 10.2 Å². The van der Waals surface area contributed by atoms with Crippen LogP contribution in [0.5, 0.6) is 0 Å². The molecular weight excluding hydrogens is 270 g/mol. The number of nitrogens with zero attached hydrogens (tertiary/aromatic N) is 2. The maximum Gasteiger partial charge on any atom is 0.0998 e. The summed E-state index contributed by atoms with van der Waals surface area (Å²) in [7, 11) is 0. The zero-order valence-electron chi connectivity index (χ0n) is 12.5. The van der Waals surface area contributed by atoms with Crippen LogP contribution in [-0.4, -0.2) is 25.7 Å². The van der Waals surface area contributed by atoms with E-state index in [1.807, 2.05) is 24.3 Å². The third-order valence-electron chi connectivity index (χ3n) is 4.83. The van der Waals surface area contributed by atoms with Crippen LogP contribution >= 0.6 is 0 Å². The molecule has 1 saturated heterocycles. The number of benzene rings is 2. The Morgan fingerprint density at radius 3 is 2.95 bits per heavy atom. The lowest BCUT2D eigenvalue weighted by atomic mass is 9.98. The Morgan fingerprint density at radius 1 is 1.14 bits per heavy atom. The van der Waals surface area contributed by atoms with Gasteiger partial charge >= 0.3 is 0 Å². The number of hydrogen-bond donors (Lipinski definition) is 1. The zero-order valence-corrected chi connectivity index (χ0v) is 12.5. The largest absolute Gasteiger partial charge is 0.367 e. The number of anilines is 1. The molecule has 4 rings (SSSR count). The highest BCUT2D eigenvalue weighted by molar-refractivity contribution is 5.76. The Kier molecular flexibility index (Phi) is 3.32. The third-order valence-corrected chi connectivity index (χ3v) is 4.83. The van der Waals surface area contributed by atoms with Crippen molar-refractivity contribution in [3.8, 4) is 17.2 Å². The van der Waals surface area contributed by atoms with Crippen molar-refractivity contribution in [1.82, 2.24) is 5.32 Å². The minimum absolute atomic E-state index is 0.631. The fourth-order valence-corrected chi connectivity index (χ4v) is 3.72. The van der Waals surface area contributed by atoms with E-state index in [4.69, 9.17) is 0 Å². The summed E-state index contributed by atoms with van der Waals surface area (Å²) in [6.45, 7) is 3.23. The molecule has 2 aliphatic rings. The van der Waals surface area contributed by atoms with Crippen molar-refractivity contribution in [2.45, 2.75) is 18.9 Å². The normalized spacial score (nSPS) is 20.0. The van der Waals surface area contributed by atoms with E-state index >= 15 is 0 Å². The Hall–Kier alpha value is -2.31. The number of nitriles is 1. The summed E-state index contributed by atoms with van der Waals surface area (Å²) in [5.74, 6) is 0. The summed E-state index contributed by atoms with van der Waals surface area (Å²) < 4.78 is 0. The fourth-order valence-electron chi connectivity index (χ4n) is 3.72. The van der Waals surface area contributed by atoms with E-state index in [1.54, 1.807) is 0 Å². The smallest absolute Gasteiger partial charge is 0.0998 e. The highest BCUT2D eigenvalue weighted by Gasteiger charge is 2.30. The average molecular weight is 289 g/mol. The van der Waals surface area contributed by atoms with Crippen LogP contribution < -0.4 is 10.2 Å². The summed E-state index contributed by atoms with van der Waals surface area (Å²) in [5, 5.41) is 12.8. The van der Waals surface area contributed by atoms with Gasteiger partial charge in [0.25, 0.3) is 0 Å². The molecule has 0 spiro atoms. The molecule has 1 N–H and O–H groups in total. The van der Waals surface area contributed by atoms with Crippen LogP contribution in [0.2, 0.25) is 0 Å². The minimum atomic E-state index is 0.631. The molecule has 2 aliphatic heterocycles. The van der Waals surface area contributed by atoms with Crippen molar-refractivity contribution in [2.24, 2.45) is 0 Å². The van der Waals surface area contributed by atoms with Gasteiger partial charge in [-0.25, -0.2) is 0 Å². The molecule has 1 fully saturated rings. The second kappa shape index (κ2) is 5.47. The third kappa shape index (κ3) is 2.17. The monoisotopic (exact) mass is 289 g/mol. The molecule has 0 amide bonds. The predicted octanol–water partition coefficient (Wildman–Crippen LogP) is 2.95. The van der Waals surface area contributed by atoms with Crippen LogP contribution in [0.3, 0.4) is 0 Å². The molecule has 0 saturated carbocycles. The van der Waals surface area contributed by atoms with E-state index in [0.717, 1.165) is 42.7 Å². The van der Waals surface area contributed by atoms with Gasteiger partial charge in [0.2, 0.25) is 0 Å². The molecule has 2 heterocycles. The molecule has 110 valence electrons. The Bertz CT molecular complexity index is 745. The number of hydrogen-bond acceptors (Lipinski definition) is 3. The molecule has 22 heavy (non-hydrogen) atoms. The second-order valence-electron chi connectivity index (χ2n) is 6.09. The Labute approximate surface area is 131 Å². The number of nitrogens with one attached hydrogen (secondary N) is 1. The molecule has 3 heteroatoms. The van der Waals surface area contributed by atoms with Crippen LogP contribution in [0.4, 0.5) is 5.69 Å². The van der Waals surface area contributed by atoms with Gasteiger partial charge in [0, 0.05) is 24.8 Å². The maximum absolute atomic E-state index is 9.33. The molecule has 0 aliphatic carbocycles. The molecular formula is C19H19N3. The maximum atomic E-state index is 9.33. The lowest BCUT2D eigenvalue weighted by Crippen LogP contribution is -2.32. The average Bonchev–Trinajstić information content (AvgIpc) is 2.75. The van der Waals surface area contributed by atoms with Gasteiger partial charge in [-0.3, -0.25) is 0 Å². The van der Waals surface area contributed by atoms with E-state index in [0.29, 0.717) is 6.04 Å². The van der Waals surface area contributed by atoms with Crippen LogP contribution in [0.25, 0.3) is 11.1 Å². The van der Waals surface area contributed by atoms with E-state index in [2.05, 4.69) is 34.5 Å². The van der Waals surface area contributed by atoms with Gasteiger partial charge in [-0.2, -0.15) is 5.26 Å². The predicted molar refractivity (Wildman–Crippen MR) is 88.9 cm³/mol. The summed E-state index contributed by atoms with van der Waals surface area (Å²) >= 11 is 0. The summed E-state index contributed by atoms with van der Waals surface area (Å²) in [6, 6.07) is 17.5. The first kappa shape index (κ1) is 13.4. The lowest BCUT2D eigenvalue weighted by molar-refractivity contribution is 0.612. The summed E-state index contributed by atoms with van der Waals surface area (Å²) in [4.78, 5) is 2.55. The van der Waals surface area contributed by atoms with Crippen LogP contribution in [0.15, 0.2) is 42.5 Å². The first-order chi connectivity index (χ1) is 10.9. The quantitative estimate of drug-likeness (QED) is 0.877. The van der Waals surface area contributed by atoms with Crippen molar-refractivity contribution in [2.75, 3.05) is 24.5 Å². The van der Waals surface area contributed by atoms with Gasteiger partial charge in [-0.1, -0.05) is 30.3 Å². The van der Waals surface area contributed by atoms with E-state index in [1.165, 1.54) is 17.7 Å². The van der Waals surface area contributed by atoms with Crippen LogP contribution in [0, 0.1) is 11.3 Å². The molecule has 2 aromatic rings. The molecule has 1 atom stereocenters. The van der Waals surface area contributed by atoms with Crippen LogP contribution in [0.1, 0.15) is 17.5 Å². The van der Waals surface area contributed by atoms with Gasteiger partial charge in [0.1, 0.15) is 0 Å². The van der Waals surface area contributed by atoms with Gasteiger partial charge in [0.05, 0.1) is 11.6 Å². The number of fused-ring (bicyclic) bond motifs is 3. The fraction of sp³-hybridized carbons (Fsp3) is 0.316. The SMILES string of the molecule is N#Cc1ccccc1-c1ccc2c(c1)N1CCNCCC1C2. The van der Waals surface area contributed by atoms with E-state index in [-0.39, 0.29) is 0 Å².